The number of amides is 1. The molecular weight excluding hydrogens is 350 g/mol. The van der Waals surface area contributed by atoms with Crippen LogP contribution in [0.15, 0.2) is 53.7 Å². The van der Waals surface area contributed by atoms with Crippen molar-refractivity contribution in [3.63, 3.8) is 0 Å². The Balaban J connectivity index is 1.48. The fourth-order valence-electron chi connectivity index (χ4n) is 2.97. The molecule has 0 radical (unpaired) electrons. The molecule has 7 nitrogen and oxygen atoms in total. The molecular formula is C18H17N5O2S. The minimum Gasteiger partial charge on any atom is -0.497 e. The Morgan fingerprint density at radius 2 is 2.12 bits per heavy atom. The first kappa shape index (κ1) is 16.6. The van der Waals surface area contributed by atoms with Crippen LogP contribution in [0.4, 0.5) is 5.69 Å². The van der Waals surface area contributed by atoms with Crippen LogP contribution in [0.25, 0.3) is 5.69 Å². The third kappa shape index (κ3) is 3.15. The molecule has 4 rings (SSSR count). The molecule has 0 saturated carbocycles. The zero-order valence-electron chi connectivity index (χ0n) is 14.2. The van der Waals surface area contributed by atoms with Gasteiger partial charge in [0.2, 0.25) is 11.1 Å². The molecule has 0 bridgehead atoms. The van der Waals surface area contributed by atoms with Crippen LogP contribution in [0.5, 0.6) is 5.75 Å². The Bertz CT molecular complexity index is 943. The molecule has 0 aliphatic carbocycles. The molecule has 8 heteroatoms. The van der Waals surface area contributed by atoms with E-state index in [4.69, 9.17) is 4.74 Å². The summed E-state index contributed by atoms with van der Waals surface area (Å²) in [6.07, 6.45) is 0.897. The van der Waals surface area contributed by atoms with E-state index in [0.29, 0.717) is 5.16 Å². The van der Waals surface area contributed by atoms with Gasteiger partial charge in [-0.2, -0.15) is 4.68 Å². The first-order valence-corrected chi connectivity index (χ1v) is 9.18. The van der Waals surface area contributed by atoms with Gasteiger partial charge in [0.25, 0.3) is 0 Å². The standard InChI is InChI=1S/C18H17N5O2S/c1-25-15-7-4-6-14(11-15)23-18(19-20-21-23)26-12-17(24)22-10-9-13-5-2-3-8-16(13)22/h2-8,11H,9-10,12H2,1H3. The number of tetrazole rings is 1. The number of para-hydroxylation sites is 1. The van der Waals surface area contributed by atoms with Crippen molar-refractivity contribution in [3.8, 4) is 11.4 Å². The second kappa shape index (κ2) is 7.17. The number of thioether (sulfide) groups is 1. The summed E-state index contributed by atoms with van der Waals surface area (Å²) in [6, 6.07) is 15.5. The van der Waals surface area contributed by atoms with Crippen LogP contribution in [0, 0.1) is 0 Å². The Labute approximate surface area is 155 Å². The van der Waals surface area contributed by atoms with Gasteiger partial charge in [-0.25, -0.2) is 0 Å². The number of nitrogens with zero attached hydrogens (tertiary/aromatic N) is 5. The lowest BCUT2D eigenvalue weighted by Gasteiger charge is -2.16. The van der Waals surface area contributed by atoms with Crippen LogP contribution in [-0.2, 0) is 11.2 Å². The maximum Gasteiger partial charge on any atom is 0.237 e. The molecule has 0 N–H and O–H groups in total. The van der Waals surface area contributed by atoms with Gasteiger partial charge >= 0.3 is 0 Å². The second-order valence-corrected chi connectivity index (χ2v) is 6.73. The van der Waals surface area contributed by atoms with E-state index >= 15 is 0 Å². The average Bonchev–Trinajstić information content (AvgIpc) is 3.33. The van der Waals surface area contributed by atoms with Crippen molar-refractivity contribution in [2.24, 2.45) is 0 Å². The van der Waals surface area contributed by atoms with Crippen LogP contribution in [0.1, 0.15) is 5.56 Å². The highest BCUT2D eigenvalue weighted by molar-refractivity contribution is 7.99. The number of ether oxygens (including phenoxy) is 1. The first-order chi connectivity index (χ1) is 12.8. The van der Waals surface area contributed by atoms with Gasteiger partial charge in [0.1, 0.15) is 5.75 Å². The Morgan fingerprint density at radius 3 is 3.00 bits per heavy atom. The van der Waals surface area contributed by atoms with Crippen molar-refractivity contribution in [2.75, 3.05) is 24.3 Å². The predicted molar refractivity (Wildman–Crippen MR) is 98.9 cm³/mol. The monoisotopic (exact) mass is 367 g/mol. The van der Waals surface area contributed by atoms with Crippen molar-refractivity contribution in [3.05, 3.63) is 54.1 Å². The maximum atomic E-state index is 12.7. The van der Waals surface area contributed by atoms with Gasteiger partial charge in [-0.05, 0) is 40.6 Å². The van der Waals surface area contributed by atoms with Gasteiger partial charge in [-0.15, -0.1) is 5.10 Å². The molecule has 0 unspecified atom stereocenters. The van der Waals surface area contributed by atoms with E-state index in [9.17, 15) is 4.79 Å². The number of carbonyl (C=O) groups is 1. The van der Waals surface area contributed by atoms with Gasteiger partial charge in [0.15, 0.2) is 0 Å². The highest BCUT2D eigenvalue weighted by Gasteiger charge is 2.24. The number of hydrogen-bond donors (Lipinski definition) is 0. The molecule has 0 spiro atoms. The van der Waals surface area contributed by atoms with Gasteiger partial charge < -0.3 is 9.64 Å². The summed E-state index contributed by atoms with van der Waals surface area (Å²) in [5.74, 6) is 1.05. The van der Waals surface area contributed by atoms with Crippen molar-refractivity contribution >= 4 is 23.4 Å². The number of carbonyl (C=O) groups excluding carboxylic acids is 1. The highest BCUT2D eigenvalue weighted by atomic mass is 32.2. The van der Waals surface area contributed by atoms with Gasteiger partial charge in [0, 0.05) is 18.3 Å². The van der Waals surface area contributed by atoms with Crippen molar-refractivity contribution in [1.82, 2.24) is 20.2 Å². The summed E-state index contributed by atoms with van der Waals surface area (Å²) in [7, 11) is 1.61. The molecule has 1 amide bonds. The topological polar surface area (TPSA) is 73.1 Å². The lowest BCUT2D eigenvalue weighted by atomic mass is 10.2. The van der Waals surface area contributed by atoms with Crippen LogP contribution >= 0.6 is 11.8 Å². The minimum absolute atomic E-state index is 0.0557. The molecule has 0 fully saturated rings. The van der Waals surface area contributed by atoms with Gasteiger partial charge in [-0.3, -0.25) is 4.79 Å². The highest BCUT2D eigenvalue weighted by Crippen LogP contribution is 2.29. The molecule has 2 aromatic carbocycles. The number of anilines is 1. The summed E-state index contributed by atoms with van der Waals surface area (Å²) < 4.78 is 6.85. The van der Waals surface area contributed by atoms with E-state index in [1.165, 1.54) is 17.3 Å². The molecule has 0 saturated heterocycles. The second-order valence-electron chi connectivity index (χ2n) is 5.79. The first-order valence-electron chi connectivity index (χ1n) is 8.20. The number of aromatic nitrogens is 4. The molecule has 2 heterocycles. The smallest absolute Gasteiger partial charge is 0.237 e. The molecule has 26 heavy (non-hydrogen) atoms. The number of benzene rings is 2. The van der Waals surface area contributed by atoms with Crippen LogP contribution in [0.2, 0.25) is 0 Å². The lowest BCUT2D eigenvalue weighted by molar-refractivity contribution is -0.116. The molecule has 1 aliphatic heterocycles. The fourth-order valence-corrected chi connectivity index (χ4v) is 3.74. The van der Waals surface area contributed by atoms with Gasteiger partial charge in [-0.1, -0.05) is 36.0 Å². The van der Waals surface area contributed by atoms with Crippen LogP contribution in [-0.4, -0.2) is 45.5 Å². The van der Waals surface area contributed by atoms with E-state index in [0.717, 1.165) is 30.1 Å². The largest absolute Gasteiger partial charge is 0.497 e. The Morgan fingerprint density at radius 1 is 1.23 bits per heavy atom. The van der Waals surface area contributed by atoms with Gasteiger partial charge in [0.05, 0.1) is 18.6 Å². The van der Waals surface area contributed by atoms with Crippen molar-refractivity contribution in [1.29, 1.82) is 0 Å². The summed E-state index contributed by atoms with van der Waals surface area (Å²) in [4.78, 5) is 14.5. The number of fused-ring (bicyclic) bond motifs is 1. The van der Waals surface area contributed by atoms with Crippen molar-refractivity contribution < 1.29 is 9.53 Å². The normalized spacial score (nSPS) is 12.9. The summed E-state index contributed by atoms with van der Waals surface area (Å²) in [5, 5.41) is 12.4. The maximum absolute atomic E-state index is 12.7. The van der Waals surface area contributed by atoms with E-state index in [1.807, 2.05) is 47.4 Å². The number of rotatable bonds is 5. The number of methoxy groups -OCH3 is 1. The number of hydrogen-bond acceptors (Lipinski definition) is 6. The molecule has 1 aromatic heterocycles. The third-order valence-electron chi connectivity index (χ3n) is 4.25. The minimum atomic E-state index is 0.0557. The van der Waals surface area contributed by atoms with Crippen molar-refractivity contribution in [2.45, 2.75) is 11.6 Å². The SMILES string of the molecule is COc1cccc(-n2nnnc2SCC(=O)N2CCc3ccccc32)c1. The molecule has 3 aromatic rings. The molecule has 0 atom stereocenters. The molecule has 132 valence electrons. The quantitative estimate of drug-likeness (QED) is 0.645. The Kier molecular flexibility index (Phi) is 4.57. The van der Waals surface area contributed by atoms with E-state index in [1.54, 1.807) is 11.8 Å². The fraction of sp³-hybridized carbons (Fsp3) is 0.222. The summed E-state index contributed by atoms with van der Waals surface area (Å²) >= 11 is 1.33. The van der Waals surface area contributed by atoms with E-state index < -0.39 is 0 Å². The summed E-state index contributed by atoms with van der Waals surface area (Å²) in [6.45, 7) is 0.722. The molecule has 1 aliphatic rings. The zero-order valence-corrected chi connectivity index (χ0v) is 15.0. The average molecular weight is 367 g/mol. The predicted octanol–water partition coefficient (Wildman–Crippen LogP) is 2.35. The van der Waals surface area contributed by atoms with Crippen LogP contribution < -0.4 is 9.64 Å². The zero-order chi connectivity index (χ0) is 17.9. The summed E-state index contributed by atoms with van der Waals surface area (Å²) in [5.41, 5.74) is 3.01. The van der Waals surface area contributed by atoms with Crippen LogP contribution in [0.3, 0.4) is 0 Å². The van der Waals surface area contributed by atoms with E-state index in [-0.39, 0.29) is 11.7 Å². The third-order valence-corrected chi connectivity index (χ3v) is 5.16. The Hall–Kier alpha value is -2.87. The van der Waals surface area contributed by atoms with E-state index in [2.05, 4.69) is 21.6 Å². The lowest BCUT2D eigenvalue weighted by Crippen LogP contribution is -2.30.